The smallest absolute Gasteiger partial charge is 0.0427 e. The van der Waals surface area contributed by atoms with E-state index in [1.54, 1.807) is 0 Å². The van der Waals surface area contributed by atoms with Crippen LogP contribution in [0.1, 0.15) is 11.6 Å². The second-order valence-corrected chi connectivity index (χ2v) is 7.72. The Morgan fingerprint density at radius 2 is 2.05 bits per heavy atom. The van der Waals surface area contributed by atoms with Crippen LogP contribution in [0.4, 0.5) is 0 Å². The van der Waals surface area contributed by atoms with Crippen LogP contribution < -0.4 is 5.32 Å². The second kappa shape index (κ2) is 6.97. The highest BCUT2D eigenvalue weighted by Crippen LogP contribution is 2.32. The van der Waals surface area contributed by atoms with Crippen molar-refractivity contribution in [3.8, 4) is 0 Å². The van der Waals surface area contributed by atoms with Crippen LogP contribution in [0.3, 0.4) is 0 Å². The fraction of sp³-hybridized carbons (Fsp3) is 0.176. The Morgan fingerprint density at radius 3 is 2.86 bits per heavy atom. The van der Waals surface area contributed by atoms with Crippen molar-refractivity contribution in [2.45, 2.75) is 10.9 Å². The lowest BCUT2D eigenvalue weighted by molar-refractivity contribution is 0.667. The Hall–Kier alpha value is -0.810. The fourth-order valence-electron chi connectivity index (χ4n) is 2.36. The zero-order valence-corrected chi connectivity index (χ0v) is 14.9. The van der Waals surface area contributed by atoms with Crippen molar-refractivity contribution in [3.63, 3.8) is 0 Å². The van der Waals surface area contributed by atoms with Crippen LogP contribution in [-0.2, 0) is 0 Å². The monoisotopic (exact) mass is 377 g/mol. The predicted octanol–water partition coefficient (Wildman–Crippen LogP) is 5.72. The van der Waals surface area contributed by atoms with Crippen molar-refractivity contribution in [1.82, 2.24) is 5.32 Å². The summed E-state index contributed by atoms with van der Waals surface area (Å²) in [5.41, 5.74) is 1.40. The van der Waals surface area contributed by atoms with Crippen molar-refractivity contribution in [3.05, 3.63) is 63.9 Å². The van der Waals surface area contributed by atoms with E-state index >= 15 is 0 Å². The molecule has 1 heterocycles. The summed E-state index contributed by atoms with van der Waals surface area (Å²) in [4.78, 5) is 1.29. The minimum absolute atomic E-state index is 0.358. The first-order valence-electron chi connectivity index (χ1n) is 6.79. The molecule has 1 N–H and O–H groups in total. The Kier molecular flexibility index (Phi) is 5.01. The number of nitrogens with one attached hydrogen (secondary N) is 1. The SMILES string of the molecule is CNC(CSc1cccc(Br)c1)c1cccc2ccsc12. The average Bonchev–Trinajstić information content (AvgIpc) is 2.97. The third-order valence-electron chi connectivity index (χ3n) is 3.45. The molecule has 1 nitrogen and oxygen atoms in total. The molecule has 4 heteroatoms. The van der Waals surface area contributed by atoms with E-state index in [0.29, 0.717) is 6.04 Å². The normalized spacial score (nSPS) is 12.7. The van der Waals surface area contributed by atoms with Gasteiger partial charge in [0.05, 0.1) is 0 Å². The topological polar surface area (TPSA) is 12.0 Å². The molecule has 0 fully saturated rings. The van der Waals surface area contributed by atoms with E-state index in [-0.39, 0.29) is 0 Å². The van der Waals surface area contributed by atoms with Crippen LogP contribution in [-0.4, -0.2) is 12.8 Å². The second-order valence-electron chi connectivity index (χ2n) is 4.80. The first-order chi connectivity index (χ1) is 10.3. The molecule has 3 aromatic rings. The van der Waals surface area contributed by atoms with Gasteiger partial charge in [-0.1, -0.05) is 40.2 Å². The van der Waals surface area contributed by atoms with Gasteiger partial charge in [0.25, 0.3) is 0 Å². The summed E-state index contributed by atoms with van der Waals surface area (Å²) in [6.45, 7) is 0. The van der Waals surface area contributed by atoms with Crippen LogP contribution in [0, 0.1) is 0 Å². The van der Waals surface area contributed by atoms with E-state index in [2.05, 4.69) is 75.2 Å². The van der Waals surface area contributed by atoms with E-state index in [0.717, 1.165) is 10.2 Å². The van der Waals surface area contributed by atoms with Crippen molar-refractivity contribution < 1.29 is 0 Å². The van der Waals surface area contributed by atoms with Crippen LogP contribution >= 0.6 is 39.0 Å². The molecule has 0 amide bonds. The summed E-state index contributed by atoms with van der Waals surface area (Å²) in [5, 5.41) is 6.97. The van der Waals surface area contributed by atoms with Gasteiger partial charge < -0.3 is 5.32 Å². The standard InChI is InChI=1S/C17H16BrNS2/c1-19-16(11-21-14-6-3-5-13(18)10-14)15-7-2-4-12-8-9-20-17(12)15/h2-10,16,19H,11H2,1H3. The number of benzene rings is 2. The molecule has 0 aliphatic rings. The van der Waals surface area contributed by atoms with Crippen LogP contribution in [0.25, 0.3) is 10.1 Å². The van der Waals surface area contributed by atoms with Gasteiger partial charge >= 0.3 is 0 Å². The first kappa shape index (κ1) is 15.1. The van der Waals surface area contributed by atoms with E-state index in [4.69, 9.17) is 0 Å². The molecule has 3 rings (SSSR count). The number of hydrogen-bond acceptors (Lipinski definition) is 3. The summed E-state index contributed by atoms with van der Waals surface area (Å²) < 4.78 is 2.53. The van der Waals surface area contributed by atoms with Crippen LogP contribution in [0.5, 0.6) is 0 Å². The molecule has 0 bridgehead atoms. The summed E-state index contributed by atoms with van der Waals surface area (Å²) >= 11 is 7.24. The zero-order chi connectivity index (χ0) is 14.7. The van der Waals surface area contributed by atoms with Gasteiger partial charge in [0.1, 0.15) is 0 Å². The lowest BCUT2D eigenvalue weighted by atomic mass is 10.1. The highest BCUT2D eigenvalue weighted by atomic mass is 79.9. The molecular formula is C17H16BrNS2. The van der Waals surface area contributed by atoms with Gasteiger partial charge in [0, 0.05) is 25.9 Å². The van der Waals surface area contributed by atoms with Gasteiger partial charge in [0.15, 0.2) is 0 Å². The van der Waals surface area contributed by atoms with Crippen LogP contribution in [0.2, 0.25) is 0 Å². The van der Waals surface area contributed by atoms with Gasteiger partial charge in [-0.25, -0.2) is 0 Å². The van der Waals surface area contributed by atoms with Crippen molar-refractivity contribution in [1.29, 1.82) is 0 Å². The Morgan fingerprint density at radius 1 is 1.19 bits per heavy atom. The average molecular weight is 378 g/mol. The van der Waals surface area contributed by atoms with E-state index in [1.165, 1.54) is 20.5 Å². The Labute approximate surface area is 141 Å². The summed E-state index contributed by atoms with van der Waals surface area (Å²) in [6.07, 6.45) is 0. The maximum Gasteiger partial charge on any atom is 0.0427 e. The fourth-order valence-corrected chi connectivity index (χ4v) is 4.97. The van der Waals surface area contributed by atoms with Crippen molar-refractivity contribution in [2.24, 2.45) is 0 Å². The molecule has 1 aromatic heterocycles. The molecular weight excluding hydrogens is 362 g/mol. The van der Waals surface area contributed by atoms with Gasteiger partial charge in [-0.2, -0.15) is 0 Å². The molecule has 108 valence electrons. The lowest BCUT2D eigenvalue weighted by Crippen LogP contribution is -2.18. The molecule has 21 heavy (non-hydrogen) atoms. The molecule has 0 radical (unpaired) electrons. The van der Waals surface area contributed by atoms with Crippen LogP contribution in [0.15, 0.2) is 63.3 Å². The summed E-state index contributed by atoms with van der Waals surface area (Å²) in [5.74, 6) is 1.02. The molecule has 0 saturated carbocycles. The maximum atomic E-state index is 3.53. The van der Waals surface area contributed by atoms with Gasteiger partial charge in [-0.15, -0.1) is 23.1 Å². The number of thioether (sulfide) groups is 1. The number of rotatable bonds is 5. The molecule has 0 aliphatic heterocycles. The molecule has 0 aliphatic carbocycles. The minimum atomic E-state index is 0.358. The van der Waals surface area contributed by atoms with Crippen molar-refractivity contribution in [2.75, 3.05) is 12.8 Å². The first-order valence-corrected chi connectivity index (χ1v) is 9.45. The third kappa shape index (κ3) is 3.51. The summed E-state index contributed by atoms with van der Waals surface area (Å²) in [7, 11) is 2.04. The van der Waals surface area contributed by atoms with Gasteiger partial charge in [0.2, 0.25) is 0 Å². The third-order valence-corrected chi connectivity index (χ3v) is 6.01. The number of halogens is 1. The Bertz CT molecular complexity index is 738. The van der Waals surface area contributed by atoms with Gasteiger partial charge in [-0.05, 0) is 47.6 Å². The number of fused-ring (bicyclic) bond motifs is 1. The molecule has 0 spiro atoms. The highest BCUT2D eigenvalue weighted by molar-refractivity contribution is 9.10. The van der Waals surface area contributed by atoms with Gasteiger partial charge in [-0.3, -0.25) is 0 Å². The van der Waals surface area contributed by atoms with Crippen molar-refractivity contribution >= 4 is 49.1 Å². The number of thiophene rings is 1. The minimum Gasteiger partial charge on any atom is -0.312 e. The molecule has 0 saturated heterocycles. The zero-order valence-electron chi connectivity index (χ0n) is 11.7. The lowest BCUT2D eigenvalue weighted by Gasteiger charge is -2.17. The van der Waals surface area contributed by atoms with E-state index in [1.807, 2.05) is 30.1 Å². The number of hydrogen-bond donors (Lipinski definition) is 1. The Balaban J connectivity index is 1.80. The quantitative estimate of drug-likeness (QED) is 0.570. The predicted molar refractivity (Wildman–Crippen MR) is 98.5 cm³/mol. The van der Waals surface area contributed by atoms with E-state index < -0.39 is 0 Å². The molecule has 2 aromatic carbocycles. The largest absolute Gasteiger partial charge is 0.312 e. The summed E-state index contributed by atoms with van der Waals surface area (Å²) in [6, 6.07) is 17.6. The highest BCUT2D eigenvalue weighted by Gasteiger charge is 2.13. The maximum absolute atomic E-state index is 3.53. The molecule has 1 unspecified atom stereocenters. The van der Waals surface area contributed by atoms with E-state index in [9.17, 15) is 0 Å². The molecule has 1 atom stereocenters.